The molecular formula is C38H64ClN. The van der Waals surface area contributed by atoms with Gasteiger partial charge >= 0.3 is 0 Å². The minimum absolute atomic E-state index is 0. The van der Waals surface area contributed by atoms with E-state index in [1.54, 1.807) is 22.3 Å². The molecule has 2 aromatic carbocycles. The highest BCUT2D eigenvalue weighted by molar-refractivity contribution is 5.50. The molecule has 2 heteroatoms. The van der Waals surface area contributed by atoms with Crippen LogP contribution in [0.5, 0.6) is 0 Å². The lowest BCUT2D eigenvalue weighted by molar-refractivity contribution is -0.00000876. The molecule has 0 N–H and O–H groups in total. The minimum Gasteiger partial charge on any atom is -1.00 e. The molecule has 0 bridgehead atoms. The molecule has 0 aromatic heterocycles. The molecule has 0 saturated heterocycles. The summed E-state index contributed by atoms with van der Waals surface area (Å²) in [6, 6.07) is 14.2. The van der Waals surface area contributed by atoms with Crippen LogP contribution in [0.1, 0.15) is 139 Å². The van der Waals surface area contributed by atoms with Crippen molar-refractivity contribution in [3.63, 3.8) is 0 Å². The third-order valence-corrected chi connectivity index (χ3v) is 8.99. The van der Waals surface area contributed by atoms with E-state index in [9.17, 15) is 0 Å². The van der Waals surface area contributed by atoms with Crippen molar-refractivity contribution >= 4 is 5.69 Å². The molecular weight excluding hydrogens is 506 g/mol. The van der Waals surface area contributed by atoms with E-state index < -0.39 is 0 Å². The molecule has 1 atom stereocenters. The number of rotatable bonds is 21. The number of benzene rings is 2. The van der Waals surface area contributed by atoms with Gasteiger partial charge in [0.2, 0.25) is 0 Å². The van der Waals surface area contributed by atoms with E-state index in [2.05, 4.69) is 85.0 Å². The molecule has 0 aliphatic carbocycles. The van der Waals surface area contributed by atoms with Crippen molar-refractivity contribution in [2.75, 3.05) is 20.1 Å². The summed E-state index contributed by atoms with van der Waals surface area (Å²) in [5, 5.41) is 0. The predicted octanol–water partition coefficient (Wildman–Crippen LogP) is 8.34. The van der Waals surface area contributed by atoms with E-state index >= 15 is 0 Å². The van der Waals surface area contributed by atoms with Crippen molar-refractivity contribution in [3.8, 4) is 0 Å². The Morgan fingerprint density at radius 1 is 0.650 bits per heavy atom. The maximum absolute atomic E-state index is 2.60. The second kappa shape index (κ2) is 20.5. The van der Waals surface area contributed by atoms with Crippen LogP contribution in [0.25, 0.3) is 0 Å². The Labute approximate surface area is 256 Å². The number of nitrogens with zero attached hydrogens (tertiary/aromatic N) is 1. The molecule has 0 fully saturated rings. The van der Waals surface area contributed by atoms with Gasteiger partial charge in [0.1, 0.15) is 5.69 Å². The van der Waals surface area contributed by atoms with Crippen molar-refractivity contribution in [1.82, 2.24) is 4.48 Å². The van der Waals surface area contributed by atoms with Crippen molar-refractivity contribution in [2.45, 2.75) is 144 Å². The molecule has 0 aliphatic heterocycles. The summed E-state index contributed by atoms with van der Waals surface area (Å²) < 4.78 is 1.05. The number of para-hydroxylation sites is 1. The van der Waals surface area contributed by atoms with E-state index in [1.165, 1.54) is 127 Å². The summed E-state index contributed by atoms with van der Waals surface area (Å²) in [6.07, 6.45) is 21.6. The molecule has 2 rings (SSSR count). The second-order valence-corrected chi connectivity index (χ2v) is 13.1. The zero-order valence-electron chi connectivity index (χ0n) is 27.6. The number of aryl methyl sites for hydroxylation is 3. The van der Waals surface area contributed by atoms with E-state index in [0.717, 1.165) is 10.4 Å². The quantitative estimate of drug-likeness (QED) is 0.105. The lowest BCUT2D eigenvalue weighted by atomic mass is 9.90. The van der Waals surface area contributed by atoms with Crippen LogP contribution in [0, 0.1) is 19.8 Å². The fourth-order valence-corrected chi connectivity index (χ4v) is 6.34. The van der Waals surface area contributed by atoms with E-state index in [-0.39, 0.29) is 12.4 Å². The van der Waals surface area contributed by atoms with Crippen LogP contribution < -0.4 is 16.9 Å². The Hall–Kier alpha value is -1.31. The maximum Gasteiger partial charge on any atom is 0.135 e. The first-order valence-electron chi connectivity index (χ1n) is 16.8. The van der Waals surface area contributed by atoms with Crippen molar-refractivity contribution in [2.24, 2.45) is 5.92 Å². The van der Waals surface area contributed by atoms with Crippen molar-refractivity contribution in [1.29, 1.82) is 0 Å². The monoisotopic (exact) mass is 569 g/mol. The van der Waals surface area contributed by atoms with Gasteiger partial charge in [-0.25, -0.2) is 0 Å². The summed E-state index contributed by atoms with van der Waals surface area (Å²) in [6.45, 7) is 16.4. The molecule has 0 heterocycles. The fourth-order valence-electron chi connectivity index (χ4n) is 6.34. The van der Waals surface area contributed by atoms with Gasteiger partial charge < -0.3 is 12.4 Å². The van der Waals surface area contributed by atoms with Gasteiger partial charge in [-0.3, -0.25) is 4.48 Å². The Kier molecular flexibility index (Phi) is 18.9. The van der Waals surface area contributed by atoms with Crippen LogP contribution in [-0.2, 0) is 19.3 Å². The molecule has 228 valence electrons. The number of halogens is 1. The molecule has 40 heavy (non-hydrogen) atoms. The molecule has 1 nitrogen and oxygen atoms in total. The molecule has 0 amide bonds. The molecule has 0 saturated carbocycles. The van der Waals surface area contributed by atoms with Crippen LogP contribution >= 0.6 is 0 Å². The SMILES string of the molecule is CCCCCCCCCCCCc1c(C)cc(CCC(C)C)cc1CC[N+](C)(CCCC)c1ccccc1C.[Cl-]. The van der Waals surface area contributed by atoms with Crippen LogP contribution in [-0.4, -0.2) is 20.1 Å². The highest BCUT2D eigenvalue weighted by atomic mass is 35.5. The molecule has 1 unspecified atom stereocenters. The van der Waals surface area contributed by atoms with Gasteiger partial charge in [0.25, 0.3) is 0 Å². The topological polar surface area (TPSA) is 0 Å². The number of likely N-dealkylation sites (N-methyl/N-ethyl adjacent to an activating group) is 1. The van der Waals surface area contributed by atoms with Crippen molar-refractivity contribution in [3.05, 3.63) is 64.2 Å². The van der Waals surface area contributed by atoms with Crippen LogP contribution in [0.2, 0.25) is 0 Å². The maximum atomic E-state index is 2.60. The smallest absolute Gasteiger partial charge is 0.135 e. The van der Waals surface area contributed by atoms with Gasteiger partial charge in [0, 0.05) is 12.0 Å². The zero-order chi connectivity index (χ0) is 28.5. The van der Waals surface area contributed by atoms with Gasteiger partial charge in [-0.15, -0.1) is 0 Å². The van der Waals surface area contributed by atoms with Gasteiger partial charge in [-0.05, 0) is 80.2 Å². The van der Waals surface area contributed by atoms with E-state index in [1.807, 2.05) is 0 Å². The number of quaternary nitrogens is 1. The van der Waals surface area contributed by atoms with Crippen LogP contribution in [0.15, 0.2) is 36.4 Å². The number of unbranched alkanes of at least 4 members (excludes halogenated alkanes) is 10. The first kappa shape index (κ1) is 36.7. The summed E-state index contributed by atoms with van der Waals surface area (Å²) in [5.74, 6) is 0.759. The van der Waals surface area contributed by atoms with Crippen LogP contribution in [0.3, 0.4) is 0 Å². The predicted molar refractivity (Wildman–Crippen MR) is 177 cm³/mol. The number of hydrogen-bond acceptors (Lipinski definition) is 0. The van der Waals surface area contributed by atoms with Crippen molar-refractivity contribution < 1.29 is 12.4 Å². The minimum atomic E-state index is 0. The first-order valence-corrected chi connectivity index (χ1v) is 16.8. The average molecular weight is 570 g/mol. The number of hydrogen-bond donors (Lipinski definition) is 0. The Morgan fingerprint density at radius 3 is 1.85 bits per heavy atom. The largest absolute Gasteiger partial charge is 1.00 e. The fraction of sp³-hybridized carbons (Fsp3) is 0.684. The normalized spacial score (nSPS) is 12.9. The highest BCUT2D eigenvalue weighted by Crippen LogP contribution is 2.29. The molecule has 0 radical (unpaired) electrons. The van der Waals surface area contributed by atoms with E-state index in [0.29, 0.717) is 0 Å². The average Bonchev–Trinajstić information content (AvgIpc) is 2.91. The first-order chi connectivity index (χ1) is 18.8. The standard InChI is InChI=1S/C38H64N.ClH/c1-8-10-12-13-14-15-16-17-18-19-23-37-34(6)30-35(26-25-32(3)4)31-36(37)27-29-39(7,28-11-9-2)38-24-21-20-22-33(38)5;/h20-22,24,30-32H,8-19,23,25-29H2,1-7H3;1H/q+1;/p-1. The third kappa shape index (κ3) is 13.1. The third-order valence-electron chi connectivity index (χ3n) is 8.99. The van der Waals surface area contributed by atoms with Gasteiger partial charge in [0.05, 0.1) is 20.1 Å². The van der Waals surface area contributed by atoms with Gasteiger partial charge in [0.15, 0.2) is 0 Å². The summed E-state index contributed by atoms with van der Waals surface area (Å²) in [4.78, 5) is 0. The Bertz CT molecular complexity index is 933. The summed E-state index contributed by atoms with van der Waals surface area (Å²) >= 11 is 0. The Morgan fingerprint density at radius 2 is 1.25 bits per heavy atom. The Balaban J connectivity index is 0.00000800. The highest BCUT2D eigenvalue weighted by Gasteiger charge is 2.26. The molecule has 2 aromatic rings. The molecule has 0 spiro atoms. The second-order valence-electron chi connectivity index (χ2n) is 13.1. The summed E-state index contributed by atoms with van der Waals surface area (Å²) in [7, 11) is 2.48. The lowest BCUT2D eigenvalue weighted by Crippen LogP contribution is -3.00. The van der Waals surface area contributed by atoms with E-state index in [4.69, 9.17) is 0 Å². The van der Waals surface area contributed by atoms with Crippen LogP contribution in [0.4, 0.5) is 5.69 Å². The van der Waals surface area contributed by atoms with Gasteiger partial charge in [-0.2, -0.15) is 0 Å². The molecule has 0 aliphatic rings. The lowest BCUT2D eigenvalue weighted by Gasteiger charge is -2.36. The van der Waals surface area contributed by atoms with Gasteiger partial charge in [-0.1, -0.05) is 122 Å². The zero-order valence-corrected chi connectivity index (χ0v) is 28.4. The summed E-state index contributed by atoms with van der Waals surface area (Å²) in [5.41, 5.74) is 9.34.